The number of halogens is 2. The monoisotopic (exact) mass is 421 g/mol. The summed E-state index contributed by atoms with van der Waals surface area (Å²) in [5, 5.41) is 8.76. The molecular weight excluding hydrogens is 397 g/mol. The third-order valence-electron chi connectivity index (χ3n) is 4.78. The van der Waals surface area contributed by atoms with Crippen molar-refractivity contribution in [2.45, 2.75) is 19.4 Å². The molecule has 0 aliphatic carbocycles. The summed E-state index contributed by atoms with van der Waals surface area (Å²) in [6, 6.07) is 12.7. The smallest absolute Gasteiger partial charge is 0.262 e. The average Bonchev–Trinajstić information content (AvgIpc) is 2.70. The number of hydrogen-bond donors (Lipinski definition) is 3. The van der Waals surface area contributed by atoms with Gasteiger partial charge in [-0.1, -0.05) is 31.2 Å². The van der Waals surface area contributed by atoms with Crippen molar-refractivity contribution in [3.8, 4) is 5.75 Å². The molecule has 1 aliphatic heterocycles. The first-order valence-electron chi connectivity index (χ1n) is 9.32. The van der Waals surface area contributed by atoms with Crippen molar-refractivity contribution >= 4 is 29.9 Å². The molecule has 3 N–H and O–H groups in total. The molecule has 0 bridgehead atoms. The Bertz CT molecular complexity index is 849. The third kappa shape index (κ3) is 6.17. The van der Waals surface area contributed by atoms with Crippen molar-refractivity contribution in [2.24, 2.45) is 5.92 Å². The minimum absolute atomic E-state index is 0. The zero-order chi connectivity index (χ0) is 19.9. The summed E-state index contributed by atoms with van der Waals surface area (Å²) in [5.74, 6) is -0.591. The fourth-order valence-corrected chi connectivity index (χ4v) is 3.10. The van der Waals surface area contributed by atoms with E-state index in [1.807, 2.05) is 0 Å². The second-order valence-corrected chi connectivity index (χ2v) is 6.86. The van der Waals surface area contributed by atoms with Crippen LogP contribution in [0.25, 0.3) is 0 Å². The van der Waals surface area contributed by atoms with E-state index in [-0.39, 0.29) is 36.7 Å². The van der Waals surface area contributed by atoms with Crippen LogP contribution in [0, 0.1) is 11.7 Å². The highest BCUT2D eigenvalue weighted by atomic mass is 35.5. The lowest BCUT2D eigenvalue weighted by Crippen LogP contribution is -2.50. The Hall–Kier alpha value is -2.64. The van der Waals surface area contributed by atoms with Crippen LogP contribution >= 0.6 is 12.4 Å². The lowest BCUT2D eigenvalue weighted by molar-refractivity contribution is -0.118. The van der Waals surface area contributed by atoms with E-state index in [1.165, 1.54) is 12.1 Å². The Morgan fingerprint density at radius 1 is 1.17 bits per heavy atom. The molecule has 2 unspecified atom stereocenters. The summed E-state index contributed by atoms with van der Waals surface area (Å²) in [6.45, 7) is 3.45. The second-order valence-electron chi connectivity index (χ2n) is 6.86. The molecule has 2 amide bonds. The van der Waals surface area contributed by atoms with Crippen LogP contribution in [0.5, 0.6) is 5.75 Å². The van der Waals surface area contributed by atoms with Crippen molar-refractivity contribution in [1.82, 2.24) is 10.6 Å². The van der Waals surface area contributed by atoms with Crippen LogP contribution in [0.3, 0.4) is 0 Å². The SMILES string of the molecule is CC1CCNCC1NC(=O)c1ccccc1OCC(=O)Nc1ccccc1F.Cl. The molecule has 0 saturated carbocycles. The number of hydrogen-bond acceptors (Lipinski definition) is 4. The summed E-state index contributed by atoms with van der Waals surface area (Å²) >= 11 is 0. The number of anilines is 1. The molecule has 0 radical (unpaired) electrons. The molecule has 1 saturated heterocycles. The molecule has 2 atom stereocenters. The summed E-state index contributed by atoms with van der Waals surface area (Å²) in [6.07, 6.45) is 0.999. The van der Waals surface area contributed by atoms with E-state index in [0.29, 0.717) is 17.2 Å². The van der Waals surface area contributed by atoms with Crippen LogP contribution in [0.1, 0.15) is 23.7 Å². The molecule has 3 rings (SSSR count). The van der Waals surface area contributed by atoms with Gasteiger partial charge in [-0.3, -0.25) is 9.59 Å². The summed E-state index contributed by atoms with van der Waals surface area (Å²) in [5.41, 5.74) is 0.444. The van der Waals surface area contributed by atoms with E-state index < -0.39 is 11.7 Å². The average molecular weight is 422 g/mol. The van der Waals surface area contributed by atoms with Gasteiger partial charge in [-0.2, -0.15) is 0 Å². The number of carbonyl (C=O) groups is 2. The molecular formula is C21H25ClFN3O3. The predicted molar refractivity (Wildman–Crippen MR) is 112 cm³/mol. The van der Waals surface area contributed by atoms with Crippen LogP contribution in [-0.4, -0.2) is 37.6 Å². The minimum atomic E-state index is -0.522. The van der Waals surface area contributed by atoms with E-state index in [9.17, 15) is 14.0 Å². The fourth-order valence-electron chi connectivity index (χ4n) is 3.10. The van der Waals surface area contributed by atoms with Gasteiger partial charge in [0.1, 0.15) is 11.6 Å². The van der Waals surface area contributed by atoms with Gasteiger partial charge in [0.2, 0.25) is 0 Å². The van der Waals surface area contributed by atoms with E-state index in [4.69, 9.17) is 4.74 Å². The van der Waals surface area contributed by atoms with Gasteiger partial charge in [-0.05, 0) is 43.1 Å². The quantitative estimate of drug-likeness (QED) is 0.670. The summed E-state index contributed by atoms with van der Waals surface area (Å²) < 4.78 is 19.2. The van der Waals surface area contributed by atoms with Gasteiger partial charge in [-0.25, -0.2) is 4.39 Å². The molecule has 1 fully saturated rings. The van der Waals surface area contributed by atoms with Gasteiger partial charge in [0.15, 0.2) is 6.61 Å². The number of amides is 2. The third-order valence-corrected chi connectivity index (χ3v) is 4.78. The predicted octanol–water partition coefficient (Wildman–Crippen LogP) is 2.99. The van der Waals surface area contributed by atoms with Gasteiger partial charge < -0.3 is 20.7 Å². The standard InChI is InChI=1S/C21H24FN3O3.ClH/c1-14-10-11-23-12-18(14)25-21(27)15-6-2-5-9-19(15)28-13-20(26)24-17-8-4-3-7-16(17)22;/h2-9,14,18,23H,10-13H2,1H3,(H,24,26)(H,25,27);1H. The van der Waals surface area contributed by atoms with Crippen molar-refractivity contribution < 1.29 is 18.7 Å². The van der Waals surface area contributed by atoms with Crippen molar-refractivity contribution in [3.63, 3.8) is 0 Å². The molecule has 2 aromatic carbocycles. The van der Waals surface area contributed by atoms with Crippen molar-refractivity contribution in [3.05, 3.63) is 59.9 Å². The second kappa shape index (κ2) is 10.8. The Kier molecular flexibility index (Phi) is 8.42. The number of benzene rings is 2. The van der Waals surface area contributed by atoms with E-state index >= 15 is 0 Å². The van der Waals surface area contributed by atoms with Gasteiger partial charge in [0, 0.05) is 12.6 Å². The summed E-state index contributed by atoms with van der Waals surface area (Å²) in [7, 11) is 0. The highest BCUT2D eigenvalue weighted by Crippen LogP contribution is 2.20. The van der Waals surface area contributed by atoms with Gasteiger partial charge in [0.25, 0.3) is 11.8 Å². The van der Waals surface area contributed by atoms with Crippen LogP contribution < -0.4 is 20.7 Å². The topological polar surface area (TPSA) is 79.5 Å². The largest absolute Gasteiger partial charge is 0.483 e. The van der Waals surface area contributed by atoms with Crippen molar-refractivity contribution in [2.75, 3.05) is 25.0 Å². The fraction of sp³-hybridized carbons (Fsp3) is 0.333. The Morgan fingerprint density at radius 2 is 1.90 bits per heavy atom. The first-order chi connectivity index (χ1) is 13.5. The van der Waals surface area contributed by atoms with Crippen LogP contribution in [-0.2, 0) is 4.79 Å². The minimum Gasteiger partial charge on any atom is -0.483 e. The maximum atomic E-state index is 13.6. The molecule has 2 aromatic rings. The molecule has 0 aromatic heterocycles. The number of ether oxygens (including phenoxy) is 1. The molecule has 156 valence electrons. The van der Waals surface area contributed by atoms with E-state index in [2.05, 4.69) is 22.9 Å². The molecule has 29 heavy (non-hydrogen) atoms. The zero-order valence-corrected chi connectivity index (χ0v) is 16.9. The first kappa shape index (κ1) is 22.6. The number of carbonyl (C=O) groups excluding carboxylic acids is 2. The van der Waals surface area contributed by atoms with Crippen molar-refractivity contribution in [1.29, 1.82) is 0 Å². The summed E-state index contributed by atoms with van der Waals surface area (Å²) in [4.78, 5) is 24.8. The Balaban J connectivity index is 0.00000300. The number of rotatable bonds is 6. The highest BCUT2D eigenvalue weighted by Gasteiger charge is 2.24. The zero-order valence-electron chi connectivity index (χ0n) is 16.1. The van der Waals surface area contributed by atoms with E-state index in [1.54, 1.807) is 36.4 Å². The molecule has 1 heterocycles. The maximum Gasteiger partial charge on any atom is 0.262 e. The first-order valence-corrected chi connectivity index (χ1v) is 9.32. The number of nitrogens with one attached hydrogen (secondary N) is 3. The van der Waals surface area contributed by atoms with Crippen LogP contribution in [0.4, 0.5) is 10.1 Å². The highest BCUT2D eigenvalue weighted by molar-refractivity contribution is 5.97. The van der Waals surface area contributed by atoms with Gasteiger partial charge in [-0.15, -0.1) is 12.4 Å². The Labute approximate surface area is 175 Å². The lowest BCUT2D eigenvalue weighted by atomic mass is 9.94. The molecule has 8 heteroatoms. The molecule has 6 nitrogen and oxygen atoms in total. The number of para-hydroxylation sites is 2. The normalized spacial score (nSPS) is 18.3. The maximum absolute atomic E-state index is 13.6. The lowest BCUT2D eigenvalue weighted by Gasteiger charge is -2.30. The molecule has 1 aliphatic rings. The molecule has 0 spiro atoms. The van der Waals surface area contributed by atoms with Gasteiger partial charge in [0.05, 0.1) is 11.3 Å². The van der Waals surface area contributed by atoms with Crippen LogP contribution in [0.2, 0.25) is 0 Å². The van der Waals surface area contributed by atoms with Crippen LogP contribution in [0.15, 0.2) is 48.5 Å². The van der Waals surface area contributed by atoms with E-state index in [0.717, 1.165) is 19.5 Å². The van der Waals surface area contributed by atoms with Gasteiger partial charge >= 0.3 is 0 Å². The Morgan fingerprint density at radius 3 is 2.66 bits per heavy atom. The number of piperidine rings is 1.